The van der Waals surface area contributed by atoms with Gasteiger partial charge >= 0.3 is 0 Å². The van der Waals surface area contributed by atoms with Crippen LogP contribution in [0.3, 0.4) is 0 Å². The van der Waals surface area contributed by atoms with E-state index in [1.165, 1.54) is 11.3 Å². The topological polar surface area (TPSA) is 37.3 Å². The lowest BCUT2D eigenvalue weighted by molar-refractivity contribution is 0.272. The van der Waals surface area contributed by atoms with Gasteiger partial charge < -0.3 is 14.4 Å². The maximum atomic E-state index is 5.33. The number of rotatable bonds is 5. The number of piperazine rings is 1. The van der Waals surface area contributed by atoms with Crippen LogP contribution in [-0.2, 0) is 0 Å². The van der Waals surface area contributed by atoms with Gasteiger partial charge in [0.15, 0.2) is 11.5 Å². The van der Waals surface area contributed by atoms with Crippen molar-refractivity contribution in [2.24, 2.45) is 5.10 Å². The third-order valence-corrected chi connectivity index (χ3v) is 4.43. The number of benzene rings is 2. The highest BCUT2D eigenvalue weighted by molar-refractivity contribution is 5.80. The molecule has 2 aromatic carbocycles. The van der Waals surface area contributed by atoms with Crippen molar-refractivity contribution >= 4 is 11.9 Å². The first-order valence-electron chi connectivity index (χ1n) is 8.52. The van der Waals surface area contributed by atoms with E-state index in [0.29, 0.717) is 0 Å². The molecule has 0 saturated carbocycles. The van der Waals surface area contributed by atoms with Crippen LogP contribution in [0.5, 0.6) is 11.5 Å². The molecule has 0 spiro atoms. The van der Waals surface area contributed by atoms with Crippen LogP contribution in [0.15, 0.2) is 47.6 Å². The number of methoxy groups -OCH3 is 2. The Morgan fingerprint density at radius 1 is 0.880 bits per heavy atom. The summed E-state index contributed by atoms with van der Waals surface area (Å²) < 4.78 is 10.6. The van der Waals surface area contributed by atoms with Gasteiger partial charge in [0.1, 0.15) is 0 Å². The van der Waals surface area contributed by atoms with E-state index in [2.05, 4.69) is 46.2 Å². The van der Waals surface area contributed by atoms with Gasteiger partial charge in [-0.3, -0.25) is 5.01 Å². The molecule has 25 heavy (non-hydrogen) atoms. The van der Waals surface area contributed by atoms with Crippen LogP contribution in [-0.4, -0.2) is 51.6 Å². The van der Waals surface area contributed by atoms with Crippen molar-refractivity contribution in [3.8, 4) is 11.5 Å². The van der Waals surface area contributed by atoms with Gasteiger partial charge in [0.05, 0.1) is 33.5 Å². The van der Waals surface area contributed by atoms with Crippen molar-refractivity contribution in [2.45, 2.75) is 6.92 Å². The van der Waals surface area contributed by atoms with Crippen LogP contribution in [0, 0.1) is 6.92 Å². The van der Waals surface area contributed by atoms with Crippen LogP contribution in [0.2, 0.25) is 0 Å². The van der Waals surface area contributed by atoms with E-state index in [1.807, 2.05) is 24.4 Å². The Bertz CT molecular complexity index is 720. The normalized spacial score (nSPS) is 14.8. The average Bonchev–Trinajstić information content (AvgIpc) is 2.67. The van der Waals surface area contributed by atoms with Crippen molar-refractivity contribution in [2.75, 3.05) is 45.3 Å². The van der Waals surface area contributed by atoms with Crippen molar-refractivity contribution in [3.05, 3.63) is 53.6 Å². The van der Waals surface area contributed by atoms with Crippen LogP contribution < -0.4 is 14.4 Å². The van der Waals surface area contributed by atoms with Crippen LogP contribution in [0.25, 0.3) is 0 Å². The molecule has 0 unspecified atom stereocenters. The maximum absolute atomic E-state index is 5.33. The summed E-state index contributed by atoms with van der Waals surface area (Å²) in [7, 11) is 3.28. The molecule has 1 aliphatic heterocycles. The molecule has 0 radical (unpaired) electrons. The van der Waals surface area contributed by atoms with Gasteiger partial charge in [-0.1, -0.05) is 17.7 Å². The Morgan fingerprint density at radius 2 is 1.56 bits per heavy atom. The summed E-state index contributed by atoms with van der Waals surface area (Å²) in [4.78, 5) is 2.40. The zero-order chi connectivity index (χ0) is 17.6. The molecule has 5 nitrogen and oxygen atoms in total. The minimum absolute atomic E-state index is 0.718. The van der Waals surface area contributed by atoms with Crippen molar-refractivity contribution in [1.82, 2.24) is 5.01 Å². The molecule has 0 bridgehead atoms. The van der Waals surface area contributed by atoms with Gasteiger partial charge in [-0.25, -0.2) is 0 Å². The summed E-state index contributed by atoms with van der Waals surface area (Å²) in [5.41, 5.74) is 3.58. The lowest BCUT2D eigenvalue weighted by atomic mass is 10.2. The first-order chi connectivity index (χ1) is 12.2. The second-order valence-corrected chi connectivity index (χ2v) is 6.14. The van der Waals surface area contributed by atoms with Crippen molar-refractivity contribution in [1.29, 1.82) is 0 Å². The monoisotopic (exact) mass is 339 g/mol. The minimum Gasteiger partial charge on any atom is -0.493 e. The smallest absolute Gasteiger partial charge is 0.161 e. The summed E-state index contributed by atoms with van der Waals surface area (Å²) in [6.45, 7) is 5.90. The van der Waals surface area contributed by atoms with Gasteiger partial charge in [0, 0.05) is 18.8 Å². The van der Waals surface area contributed by atoms with Gasteiger partial charge in [0.25, 0.3) is 0 Å². The van der Waals surface area contributed by atoms with E-state index in [9.17, 15) is 0 Å². The van der Waals surface area contributed by atoms with E-state index in [4.69, 9.17) is 9.47 Å². The number of aryl methyl sites for hydroxylation is 1. The van der Waals surface area contributed by atoms with Gasteiger partial charge in [-0.05, 0) is 42.8 Å². The predicted molar refractivity (Wildman–Crippen MR) is 102 cm³/mol. The summed E-state index contributed by atoms with van der Waals surface area (Å²) in [6, 6.07) is 14.5. The summed E-state index contributed by atoms with van der Waals surface area (Å²) in [5.74, 6) is 1.45. The lowest BCUT2D eigenvalue weighted by Gasteiger charge is -2.34. The molecule has 0 amide bonds. The molecule has 1 fully saturated rings. The number of nitrogens with zero attached hydrogens (tertiary/aromatic N) is 3. The Hall–Kier alpha value is -2.69. The molecule has 1 aliphatic rings. The molecule has 0 aromatic heterocycles. The molecule has 0 atom stereocenters. The zero-order valence-electron chi connectivity index (χ0n) is 15.1. The lowest BCUT2D eigenvalue weighted by Crippen LogP contribution is -2.44. The van der Waals surface area contributed by atoms with Crippen molar-refractivity contribution in [3.63, 3.8) is 0 Å². The number of hydrazone groups is 1. The highest BCUT2D eigenvalue weighted by Crippen LogP contribution is 2.27. The molecule has 1 saturated heterocycles. The quantitative estimate of drug-likeness (QED) is 0.784. The number of hydrogen-bond donors (Lipinski definition) is 0. The molecular formula is C20H25N3O2. The van der Waals surface area contributed by atoms with Crippen molar-refractivity contribution < 1.29 is 9.47 Å². The Kier molecular flexibility index (Phi) is 5.43. The maximum Gasteiger partial charge on any atom is 0.161 e. The van der Waals surface area contributed by atoms with Crippen LogP contribution in [0.1, 0.15) is 11.1 Å². The third kappa shape index (κ3) is 4.24. The van der Waals surface area contributed by atoms with E-state index < -0.39 is 0 Å². The van der Waals surface area contributed by atoms with Gasteiger partial charge in [-0.2, -0.15) is 5.10 Å². The summed E-state index contributed by atoms with van der Waals surface area (Å²) >= 11 is 0. The molecule has 0 aliphatic carbocycles. The van der Waals surface area contributed by atoms with E-state index in [0.717, 1.165) is 43.2 Å². The molecule has 0 N–H and O–H groups in total. The fraction of sp³-hybridized carbons (Fsp3) is 0.350. The minimum atomic E-state index is 0.718. The number of ether oxygens (including phenoxy) is 2. The second kappa shape index (κ2) is 7.92. The largest absolute Gasteiger partial charge is 0.493 e. The van der Waals surface area contributed by atoms with Gasteiger partial charge in [0.2, 0.25) is 0 Å². The highest BCUT2D eigenvalue weighted by atomic mass is 16.5. The fourth-order valence-electron chi connectivity index (χ4n) is 2.91. The number of hydrogen-bond acceptors (Lipinski definition) is 5. The molecular weight excluding hydrogens is 314 g/mol. The Balaban J connectivity index is 1.58. The first-order valence-corrected chi connectivity index (χ1v) is 8.52. The summed E-state index contributed by atoms with van der Waals surface area (Å²) in [6.07, 6.45) is 1.88. The van der Waals surface area contributed by atoms with Gasteiger partial charge in [-0.15, -0.1) is 0 Å². The molecule has 5 heteroatoms. The molecule has 1 heterocycles. The summed E-state index contributed by atoms with van der Waals surface area (Å²) in [5, 5.41) is 6.72. The average molecular weight is 339 g/mol. The Labute approximate surface area is 149 Å². The molecule has 2 aromatic rings. The predicted octanol–water partition coefficient (Wildman–Crippen LogP) is 3.17. The standard InChI is InChI=1S/C20H25N3O2/c1-16-4-7-18(8-5-16)22-10-12-23(13-11-22)21-15-17-6-9-19(24-2)20(14-17)25-3/h4-9,14-15H,10-13H2,1-3H3. The van der Waals surface area contributed by atoms with E-state index in [1.54, 1.807) is 14.2 Å². The molecule has 3 rings (SSSR count). The third-order valence-electron chi connectivity index (χ3n) is 4.43. The van der Waals surface area contributed by atoms with E-state index in [-0.39, 0.29) is 0 Å². The number of anilines is 1. The second-order valence-electron chi connectivity index (χ2n) is 6.14. The molecule has 132 valence electrons. The SMILES string of the molecule is COc1ccc(C=NN2CCN(c3ccc(C)cc3)CC2)cc1OC. The van der Waals surface area contributed by atoms with Crippen LogP contribution >= 0.6 is 0 Å². The Morgan fingerprint density at radius 3 is 2.20 bits per heavy atom. The van der Waals surface area contributed by atoms with E-state index >= 15 is 0 Å². The first kappa shape index (κ1) is 17.1. The zero-order valence-corrected chi connectivity index (χ0v) is 15.1. The fourth-order valence-corrected chi connectivity index (χ4v) is 2.91. The highest BCUT2D eigenvalue weighted by Gasteiger charge is 2.15. The van der Waals surface area contributed by atoms with Crippen LogP contribution in [0.4, 0.5) is 5.69 Å².